The van der Waals surface area contributed by atoms with Crippen LogP contribution in [0.25, 0.3) is 0 Å². The lowest BCUT2D eigenvalue weighted by atomic mass is 9.84. The summed E-state index contributed by atoms with van der Waals surface area (Å²) in [4.78, 5) is 11.6. The van der Waals surface area contributed by atoms with Crippen molar-refractivity contribution in [1.82, 2.24) is 0 Å². The van der Waals surface area contributed by atoms with Gasteiger partial charge in [-0.05, 0) is 6.92 Å². The number of rotatable bonds is 7. The Kier molecular flexibility index (Phi) is 7.00. The maximum Gasteiger partial charge on any atom is 0.311 e. The van der Waals surface area contributed by atoms with Crippen LogP contribution in [0.4, 0.5) is 0 Å². The molecule has 2 heterocycles. The van der Waals surface area contributed by atoms with Gasteiger partial charge in [-0.15, -0.1) is 0 Å². The molecule has 0 spiro atoms. The molecule has 0 aromatic rings. The fraction of sp³-hybridized carbons (Fsp3) is 0.933. The summed E-state index contributed by atoms with van der Waals surface area (Å²) >= 11 is 0. The zero-order valence-corrected chi connectivity index (χ0v) is 14.9. The molecule has 164 valence electrons. The van der Waals surface area contributed by atoms with E-state index in [-0.39, 0.29) is 0 Å². The largest absolute Gasteiger partial charge is 0.481 e. The van der Waals surface area contributed by atoms with Gasteiger partial charge in [0.15, 0.2) is 0 Å². The lowest BCUT2D eigenvalue weighted by Crippen LogP contribution is -2.72. The first-order valence-electron chi connectivity index (χ1n) is 8.52. The molecule has 2 aliphatic heterocycles. The second kappa shape index (κ2) is 8.41. The minimum atomic E-state index is -2.73. The van der Waals surface area contributed by atoms with E-state index in [1.54, 1.807) is 0 Å². The molecule has 2 aliphatic rings. The first kappa shape index (κ1) is 23.3. The van der Waals surface area contributed by atoms with Gasteiger partial charge in [0.1, 0.15) is 55.3 Å². The zero-order valence-electron chi connectivity index (χ0n) is 14.9. The van der Waals surface area contributed by atoms with E-state index in [1.807, 2.05) is 0 Å². The molecule has 0 aromatic heterocycles. The first-order valence-corrected chi connectivity index (χ1v) is 8.52. The van der Waals surface area contributed by atoms with Gasteiger partial charge in [-0.25, -0.2) is 0 Å². The normalized spacial score (nSPS) is 47.8. The summed E-state index contributed by atoms with van der Waals surface area (Å²) in [6.07, 6.45) is -12.9. The van der Waals surface area contributed by atoms with Crippen molar-refractivity contribution in [2.75, 3.05) is 19.8 Å². The molecule has 0 bridgehead atoms. The SMILES string of the molecule is CC(C(=O)O)[C@@]1(OC2(CO)O[C@H](CO)[C@@H](O)[C@@H]2O)O[C@H](CO)[C@@H](O)[C@H](O)[C@H]1O. The fourth-order valence-electron chi connectivity index (χ4n) is 3.39. The van der Waals surface area contributed by atoms with Crippen molar-refractivity contribution in [3.63, 3.8) is 0 Å². The number of aliphatic hydroxyl groups is 8. The molecule has 13 nitrogen and oxygen atoms in total. The van der Waals surface area contributed by atoms with Crippen molar-refractivity contribution >= 4 is 5.97 Å². The molecular weight excluding hydrogens is 388 g/mol. The van der Waals surface area contributed by atoms with E-state index < -0.39 is 86.0 Å². The minimum Gasteiger partial charge on any atom is -0.481 e. The molecule has 10 atom stereocenters. The van der Waals surface area contributed by atoms with Crippen molar-refractivity contribution in [3.8, 4) is 0 Å². The Labute approximate surface area is 158 Å². The summed E-state index contributed by atoms with van der Waals surface area (Å²) < 4.78 is 16.0. The van der Waals surface area contributed by atoms with Crippen LogP contribution in [0.5, 0.6) is 0 Å². The highest BCUT2D eigenvalue weighted by Gasteiger charge is 2.66. The number of carboxylic acids is 1. The number of carbonyl (C=O) groups is 1. The van der Waals surface area contributed by atoms with Crippen molar-refractivity contribution in [1.29, 1.82) is 0 Å². The first-order chi connectivity index (χ1) is 13.0. The molecule has 0 saturated carbocycles. The summed E-state index contributed by atoms with van der Waals surface area (Å²) in [5.74, 6) is -8.67. The van der Waals surface area contributed by atoms with Crippen LogP contribution in [-0.4, -0.2) is 126 Å². The third kappa shape index (κ3) is 3.53. The van der Waals surface area contributed by atoms with Gasteiger partial charge >= 0.3 is 5.97 Å². The second-order valence-corrected chi connectivity index (χ2v) is 6.89. The Hall–Kier alpha value is -0.970. The molecule has 0 amide bonds. The van der Waals surface area contributed by atoms with Gasteiger partial charge in [0.05, 0.1) is 13.2 Å². The molecule has 2 fully saturated rings. The highest BCUT2D eigenvalue weighted by Crippen LogP contribution is 2.44. The topological polar surface area (TPSA) is 227 Å². The molecule has 0 radical (unpaired) electrons. The predicted molar refractivity (Wildman–Crippen MR) is 84.4 cm³/mol. The Bertz CT molecular complexity index is 558. The van der Waals surface area contributed by atoms with Gasteiger partial charge in [0, 0.05) is 0 Å². The molecule has 2 rings (SSSR count). The number of aliphatic carboxylic acids is 1. The van der Waals surface area contributed by atoms with Crippen LogP contribution >= 0.6 is 0 Å². The number of aliphatic hydroxyl groups excluding tert-OH is 8. The van der Waals surface area contributed by atoms with Crippen LogP contribution in [-0.2, 0) is 19.0 Å². The lowest BCUT2D eigenvalue weighted by molar-refractivity contribution is -0.443. The van der Waals surface area contributed by atoms with Crippen molar-refractivity contribution in [3.05, 3.63) is 0 Å². The number of hydrogen-bond donors (Lipinski definition) is 9. The van der Waals surface area contributed by atoms with Gasteiger partial charge in [-0.2, -0.15) is 0 Å². The van der Waals surface area contributed by atoms with Crippen LogP contribution < -0.4 is 0 Å². The van der Waals surface area contributed by atoms with E-state index in [0.717, 1.165) is 6.92 Å². The third-order valence-electron chi connectivity index (χ3n) is 5.19. The number of hydrogen-bond acceptors (Lipinski definition) is 12. The van der Waals surface area contributed by atoms with Crippen molar-refractivity contribution in [2.45, 2.75) is 61.2 Å². The lowest BCUT2D eigenvalue weighted by Gasteiger charge is -2.52. The van der Waals surface area contributed by atoms with Crippen LogP contribution in [0, 0.1) is 5.92 Å². The van der Waals surface area contributed by atoms with Gasteiger partial charge in [-0.3, -0.25) is 4.79 Å². The maximum atomic E-state index is 11.6. The minimum absolute atomic E-state index is 0.797. The smallest absolute Gasteiger partial charge is 0.311 e. The molecule has 28 heavy (non-hydrogen) atoms. The average Bonchev–Trinajstić information content (AvgIpc) is 2.92. The number of ether oxygens (including phenoxy) is 3. The quantitative estimate of drug-likeness (QED) is 0.190. The maximum absolute atomic E-state index is 11.6. The van der Waals surface area contributed by atoms with Crippen molar-refractivity contribution < 1.29 is 65.0 Å². The summed E-state index contributed by atoms with van der Waals surface area (Å²) in [7, 11) is 0. The van der Waals surface area contributed by atoms with Crippen LogP contribution in [0.3, 0.4) is 0 Å². The molecule has 13 heteroatoms. The second-order valence-electron chi connectivity index (χ2n) is 6.89. The standard InChI is InChI=1S/C15H26O13/c1-5(13(24)25)15(12(23)10(21)8(19)6(2-16)27-15)28-14(4-18)11(22)9(20)7(3-17)26-14/h5-12,16-23H,2-4H2,1H3,(H,24,25)/t5?,6-,7-,8-,9-,10+,11+,12-,14?,15+/m1/s1. The van der Waals surface area contributed by atoms with Gasteiger partial charge in [-0.1, -0.05) is 0 Å². The fourth-order valence-corrected chi connectivity index (χ4v) is 3.39. The van der Waals surface area contributed by atoms with Crippen LogP contribution in [0.1, 0.15) is 6.92 Å². The Morgan fingerprint density at radius 1 is 0.929 bits per heavy atom. The summed E-state index contributed by atoms with van der Waals surface area (Å²) in [6.45, 7) is -1.86. The summed E-state index contributed by atoms with van der Waals surface area (Å²) in [5.41, 5.74) is 0. The number of carboxylic acid groups (broad SMARTS) is 1. The van der Waals surface area contributed by atoms with Crippen molar-refractivity contribution in [2.24, 2.45) is 5.92 Å². The Morgan fingerprint density at radius 2 is 1.46 bits per heavy atom. The Balaban J connectivity index is 2.53. The van der Waals surface area contributed by atoms with E-state index in [9.17, 15) is 50.8 Å². The summed E-state index contributed by atoms with van der Waals surface area (Å²) in [5, 5.41) is 88.7. The molecule has 0 aromatic carbocycles. The van der Waals surface area contributed by atoms with E-state index >= 15 is 0 Å². The van der Waals surface area contributed by atoms with Crippen LogP contribution in [0.2, 0.25) is 0 Å². The van der Waals surface area contributed by atoms with Crippen LogP contribution in [0.15, 0.2) is 0 Å². The molecule has 9 N–H and O–H groups in total. The monoisotopic (exact) mass is 414 g/mol. The molecular formula is C15H26O13. The molecule has 0 aliphatic carbocycles. The van der Waals surface area contributed by atoms with E-state index in [2.05, 4.69) is 0 Å². The highest BCUT2D eigenvalue weighted by molar-refractivity contribution is 5.71. The van der Waals surface area contributed by atoms with E-state index in [0.29, 0.717) is 0 Å². The average molecular weight is 414 g/mol. The van der Waals surface area contributed by atoms with Gasteiger partial charge < -0.3 is 60.2 Å². The highest BCUT2D eigenvalue weighted by atomic mass is 16.8. The Morgan fingerprint density at radius 3 is 1.89 bits per heavy atom. The van der Waals surface area contributed by atoms with Gasteiger partial charge in [0.2, 0.25) is 11.6 Å². The van der Waals surface area contributed by atoms with Gasteiger partial charge in [0.25, 0.3) is 0 Å². The third-order valence-corrected chi connectivity index (χ3v) is 5.19. The predicted octanol–water partition coefficient (Wildman–Crippen LogP) is -5.30. The van der Waals surface area contributed by atoms with E-state index in [4.69, 9.17) is 14.2 Å². The molecule has 2 saturated heterocycles. The zero-order chi connectivity index (χ0) is 21.4. The van der Waals surface area contributed by atoms with E-state index in [1.165, 1.54) is 0 Å². The molecule has 2 unspecified atom stereocenters. The summed E-state index contributed by atoms with van der Waals surface area (Å²) in [6, 6.07) is 0.